The molecular formula is C21H23FN2O3. The van der Waals surface area contributed by atoms with Crippen molar-refractivity contribution in [3.05, 3.63) is 71.0 Å². The van der Waals surface area contributed by atoms with Crippen LogP contribution in [-0.4, -0.2) is 52.8 Å². The summed E-state index contributed by atoms with van der Waals surface area (Å²) in [5.41, 5.74) is 2.05. The minimum atomic E-state index is -0.922. The van der Waals surface area contributed by atoms with Crippen molar-refractivity contribution < 1.29 is 19.1 Å². The predicted octanol–water partition coefficient (Wildman–Crippen LogP) is 2.97. The van der Waals surface area contributed by atoms with Gasteiger partial charge in [0.2, 0.25) is 0 Å². The molecule has 2 aromatic rings. The quantitative estimate of drug-likeness (QED) is 0.792. The number of carbonyl (C=O) groups is 2. The maximum atomic E-state index is 13.3. The molecule has 5 nitrogen and oxygen atoms in total. The summed E-state index contributed by atoms with van der Waals surface area (Å²) < 4.78 is 13.3. The van der Waals surface area contributed by atoms with Gasteiger partial charge in [0.25, 0.3) is 0 Å². The van der Waals surface area contributed by atoms with Crippen molar-refractivity contribution in [1.29, 1.82) is 0 Å². The van der Waals surface area contributed by atoms with Gasteiger partial charge in [0.15, 0.2) is 5.78 Å². The van der Waals surface area contributed by atoms with Crippen LogP contribution < -0.4 is 0 Å². The van der Waals surface area contributed by atoms with Crippen molar-refractivity contribution in [1.82, 2.24) is 9.80 Å². The van der Waals surface area contributed by atoms with Crippen LogP contribution in [-0.2, 0) is 11.3 Å². The van der Waals surface area contributed by atoms with Gasteiger partial charge in [-0.3, -0.25) is 19.4 Å². The number of halogens is 1. The molecule has 0 unspecified atom stereocenters. The zero-order chi connectivity index (χ0) is 19.4. The van der Waals surface area contributed by atoms with E-state index < -0.39 is 12.0 Å². The lowest BCUT2D eigenvalue weighted by atomic mass is 10.0. The van der Waals surface area contributed by atoms with Crippen molar-refractivity contribution in [2.24, 2.45) is 0 Å². The summed E-state index contributed by atoms with van der Waals surface area (Å²) in [6.45, 7) is 4.70. The molecule has 0 aliphatic carbocycles. The summed E-state index contributed by atoms with van der Waals surface area (Å²) in [5, 5.41) is 9.76. The molecular weight excluding hydrogens is 347 g/mol. The number of Topliss-reactive ketones (excluding diaryl/α,β-unsaturated/α-hetero) is 1. The van der Waals surface area contributed by atoms with Gasteiger partial charge in [0.1, 0.15) is 11.9 Å². The Kier molecular flexibility index (Phi) is 5.98. The maximum absolute atomic E-state index is 13.3. The second kappa shape index (κ2) is 8.41. The number of hydrogen-bond acceptors (Lipinski definition) is 4. The molecule has 1 aliphatic heterocycles. The molecule has 0 amide bonds. The van der Waals surface area contributed by atoms with E-state index >= 15 is 0 Å². The summed E-state index contributed by atoms with van der Waals surface area (Å²) in [4.78, 5) is 27.6. The van der Waals surface area contributed by atoms with E-state index in [0.717, 1.165) is 5.56 Å². The van der Waals surface area contributed by atoms with Crippen molar-refractivity contribution in [2.45, 2.75) is 19.5 Å². The van der Waals surface area contributed by atoms with Gasteiger partial charge >= 0.3 is 5.97 Å². The first-order chi connectivity index (χ1) is 12.9. The lowest BCUT2D eigenvalue weighted by molar-refractivity contribution is -0.144. The molecule has 0 bridgehead atoms. The van der Waals surface area contributed by atoms with Crippen molar-refractivity contribution in [2.75, 3.05) is 26.2 Å². The van der Waals surface area contributed by atoms with E-state index in [2.05, 4.69) is 4.90 Å². The van der Waals surface area contributed by atoms with E-state index in [4.69, 9.17) is 0 Å². The Morgan fingerprint density at radius 2 is 1.78 bits per heavy atom. The second-order valence-corrected chi connectivity index (χ2v) is 6.86. The molecule has 1 heterocycles. The van der Waals surface area contributed by atoms with Gasteiger partial charge in [-0.2, -0.15) is 0 Å². The Hall–Kier alpha value is -2.57. The van der Waals surface area contributed by atoms with Gasteiger partial charge in [-0.25, -0.2) is 4.39 Å². The first-order valence-corrected chi connectivity index (χ1v) is 8.98. The molecule has 1 atom stereocenters. The third-order valence-corrected chi connectivity index (χ3v) is 4.91. The van der Waals surface area contributed by atoms with Crippen LogP contribution in [0.5, 0.6) is 0 Å². The fourth-order valence-corrected chi connectivity index (χ4v) is 3.51. The molecule has 27 heavy (non-hydrogen) atoms. The Bertz CT molecular complexity index is 832. The molecule has 1 aliphatic rings. The van der Waals surface area contributed by atoms with Gasteiger partial charge in [-0.15, -0.1) is 0 Å². The van der Waals surface area contributed by atoms with E-state index in [-0.39, 0.29) is 11.6 Å². The Labute approximate surface area is 158 Å². The minimum Gasteiger partial charge on any atom is -0.480 e. The Morgan fingerprint density at radius 1 is 1.07 bits per heavy atom. The monoisotopic (exact) mass is 370 g/mol. The number of hydrogen-bond donors (Lipinski definition) is 1. The Balaban J connectivity index is 1.68. The number of nitrogens with zero attached hydrogens (tertiary/aromatic N) is 2. The minimum absolute atomic E-state index is 0.0825. The largest absolute Gasteiger partial charge is 0.480 e. The van der Waals surface area contributed by atoms with E-state index in [1.807, 2.05) is 11.0 Å². The molecule has 142 valence electrons. The lowest BCUT2D eigenvalue weighted by Gasteiger charge is -2.38. The van der Waals surface area contributed by atoms with E-state index in [1.165, 1.54) is 19.1 Å². The fraction of sp³-hybridized carbons (Fsp3) is 0.333. The number of benzene rings is 2. The molecule has 6 heteroatoms. The van der Waals surface area contributed by atoms with Crippen molar-refractivity contribution in [3.63, 3.8) is 0 Å². The number of ketones is 1. The average Bonchev–Trinajstić information content (AvgIpc) is 2.63. The number of aliphatic carboxylic acids is 1. The van der Waals surface area contributed by atoms with Crippen LogP contribution in [0, 0.1) is 5.82 Å². The van der Waals surface area contributed by atoms with Gasteiger partial charge < -0.3 is 5.11 Å². The number of carboxylic acid groups (broad SMARTS) is 1. The fourth-order valence-electron chi connectivity index (χ4n) is 3.51. The number of rotatable bonds is 6. The van der Waals surface area contributed by atoms with Gasteiger partial charge in [0, 0.05) is 38.3 Å². The van der Waals surface area contributed by atoms with E-state index in [9.17, 15) is 19.1 Å². The smallest absolute Gasteiger partial charge is 0.325 e. The molecule has 2 aromatic carbocycles. The van der Waals surface area contributed by atoms with Crippen LogP contribution in [0.1, 0.15) is 34.5 Å². The molecule has 1 saturated heterocycles. The summed E-state index contributed by atoms with van der Waals surface area (Å²) >= 11 is 0. The second-order valence-electron chi connectivity index (χ2n) is 6.86. The summed E-state index contributed by atoms with van der Waals surface area (Å²) in [6.07, 6.45) is 0. The third-order valence-electron chi connectivity index (χ3n) is 4.91. The number of carbonyl (C=O) groups excluding carboxylic acids is 1. The maximum Gasteiger partial charge on any atom is 0.325 e. The lowest BCUT2D eigenvalue weighted by Crippen LogP contribution is -2.48. The molecule has 1 fully saturated rings. The zero-order valence-corrected chi connectivity index (χ0v) is 15.3. The van der Waals surface area contributed by atoms with Crippen LogP contribution in [0.2, 0.25) is 0 Å². The highest BCUT2D eigenvalue weighted by molar-refractivity contribution is 5.94. The predicted molar refractivity (Wildman–Crippen MR) is 100 cm³/mol. The van der Waals surface area contributed by atoms with Crippen LogP contribution >= 0.6 is 0 Å². The average molecular weight is 370 g/mol. The van der Waals surface area contributed by atoms with Gasteiger partial charge in [0.05, 0.1) is 0 Å². The highest BCUT2D eigenvalue weighted by atomic mass is 19.1. The molecule has 1 N–H and O–H groups in total. The highest BCUT2D eigenvalue weighted by Gasteiger charge is 2.30. The normalized spacial score (nSPS) is 16.8. The van der Waals surface area contributed by atoms with Crippen molar-refractivity contribution in [3.8, 4) is 0 Å². The third kappa shape index (κ3) is 4.78. The first kappa shape index (κ1) is 19.2. The van der Waals surface area contributed by atoms with E-state index in [1.54, 1.807) is 30.3 Å². The first-order valence-electron chi connectivity index (χ1n) is 8.98. The molecule has 0 aromatic heterocycles. The summed E-state index contributed by atoms with van der Waals surface area (Å²) in [6, 6.07) is 12.6. The number of carboxylic acids is 1. The molecule has 0 spiro atoms. The number of piperazine rings is 1. The van der Waals surface area contributed by atoms with Gasteiger partial charge in [-0.05, 0) is 36.2 Å². The summed E-state index contributed by atoms with van der Waals surface area (Å²) in [5.74, 6) is -1.25. The van der Waals surface area contributed by atoms with Crippen molar-refractivity contribution >= 4 is 11.8 Å². The SMILES string of the molecule is CC(=O)c1cccc([C@H](C(=O)O)N2CCN(Cc3cccc(F)c3)CC2)c1. The Morgan fingerprint density at radius 3 is 2.41 bits per heavy atom. The summed E-state index contributed by atoms with van der Waals surface area (Å²) in [7, 11) is 0. The van der Waals surface area contributed by atoms with Gasteiger partial charge in [-0.1, -0.05) is 30.3 Å². The van der Waals surface area contributed by atoms with Crippen LogP contribution in [0.3, 0.4) is 0 Å². The molecule has 3 rings (SSSR count). The van der Waals surface area contributed by atoms with Crippen LogP contribution in [0.15, 0.2) is 48.5 Å². The molecule has 0 saturated carbocycles. The highest BCUT2D eigenvalue weighted by Crippen LogP contribution is 2.24. The topological polar surface area (TPSA) is 60.9 Å². The van der Waals surface area contributed by atoms with Crippen LogP contribution in [0.25, 0.3) is 0 Å². The standard InChI is InChI=1S/C21H23FN2O3/c1-15(25)17-5-3-6-18(13-17)20(21(26)27)24-10-8-23(9-11-24)14-16-4-2-7-19(22)12-16/h2-7,12-13,20H,8-11,14H2,1H3,(H,26,27)/t20-/m1/s1. The molecule has 0 radical (unpaired) electrons. The van der Waals surface area contributed by atoms with E-state index in [0.29, 0.717) is 43.9 Å². The van der Waals surface area contributed by atoms with Crippen LogP contribution in [0.4, 0.5) is 4.39 Å². The zero-order valence-electron chi connectivity index (χ0n) is 15.3.